The van der Waals surface area contributed by atoms with E-state index in [-0.39, 0.29) is 0 Å². The summed E-state index contributed by atoms with van der Waals surface area (Å²) in [6.45, 7) is 0.437. The average Bonchev–Trinajstić information content (AvgIpc) is 2.90. The van der Waals surface area contributed by atoms with Crippen molar-refractivity contribution in [3.05, 3.63) is 117 Å². The Morgan fingerprint density at radius 2 is 1.49 bits per heavy atom. The van der Waals surface area contributed by atoms with Gasteiger partial charge in [0.05, 0.1) is 22.3 Å². The molecule has 0 aliphatic rings. The highest BCUT2D eigenvalue weighted by Crippen LogP contribution is 2.36. The van der Waals surface area contributed by atoms with Crippen molar-refractivity contribution < 1.29 is 9.47 Å². The van der Waals surface area contributed by atoms with E-state index in [9.17, 15) is 5.26 Å². The van der Waals surface area contributed by atoms with E-state index in [1.165, 1.54) is 10.8 Å². The van der Waals surface area contributed by atoms with Gasteiger partial charge in [0.2, 0.25) is 0 Å². The molecule has 0 aliphatic heterocycles. The lowest BCUT2D eigenvalue weighted by Gasteiger charge is -2.14. The molecule has 0 fully saturated rings. The van der Waals surface area contributed by atoms with Gasteiger partial charge < -0.3 is 9.47 Å². The molecule has 170 valence electrons. The number of rotatable bonds is 6. The maximum Gasteiger partial charge on any atom is 0.174 e. The summed E-state index contributed by atoms with van der Waals surface area (Å²) in [5.41, 5.74) is 3.46. The van der Waals surface area contributed by atoms with Crippen LogP contribution in [0.5, 0.6) is 11.5 Å². The lowest BCUT2D eigenvalue weighted by Crippen LogP contribution is -2.00. The first-order valence-corrected chi connectivity index (χ1v) is 12.3. The van der Waals surface area contributed by atoms with Crippen molar-refractivity contribution in [2.75, 3.05) is 7.11 Å². The van der Waals surface area contributed by atoms with Crippen molar-refractivity contribution in [3.8, 4) is 17.6 Å². The summed E-state index contributed by atoms with van der Waals surface area (Å²) in [6, 6.07) is 35.1. The van der Waals surface area contributed by atoms with E-state index in [0.717, 1.165) is 31.0 Å². The van der Waals surface area contributed by atoms with Crippen LogP contribution in [0.4, 0.5) is 0 Å². The highest BCUT2D eigenvalue weighted by atomic mass is 127. The Balaban J connectivity index is 1.42. The Labute approximate surface area is 218 Å². The molecule has 0 spiro atoms. The van der Waals surface area contributed by atoms with Gasteiger partial charge in [-0.1, -0.05) is 72.8 Å². The minimum absolute atomic E-state index is 0.437. The topological polar surface area (TPSA) is 42.2 Å². The molecule has 35 heavy (non-hydrogen) atoms. The minimum atomic E-state index is 0.437. The normalized spacial score (nSPS) is 11.4. The van der Waals surface area contributed by atoms with Gasteiger partial charge in [0.1, 0.15) is 6.61 Å². The second-order valence-electron chi connectivity index (χ2n) is 8.24. The molecular weight excluding hydrogens is 545 g/mol. The van der Waals surface area contributed by atoms with E-state index in [0.29, 0.717) is 23.7 Å². The first-order chi connectivity index (χ1) is 17.1. The molecule has 5 aromatic carbocycles. The van der Waals surface area contributed by atoms with Gasteiger partial charge in [-0.3, -0.25) is 0 Å². The molecule has 0 bridgehead atoms. The standard InChI is InChI=1S/C31H22INO2/c1-34-30-17-22(15-28(19-33)27-13-12-24-7-3-5-9-26(24)18-27)16-29(32)31(30)35-20-21-10-11-23-6-2-4-8-25(23)14-21/h2-18H,20H2,1H3/b28-15-. The van der Waals surface area contributed by atoms with Crippen LogP contribution in [0.3, 0.4) is 0 Å². The van der Waals surface area contributed by atoms with Gasteiger partial charge in [0.15, 0.2) is 11.5 Å². The predicted molar refractivity (Wildman–Crippen MR) is 151 cm³/mol. The molecule has 0 radical (unpaired) electrons. The third kappa shape index (κ3) is 5.01. The van der Waals surface area contributed by atoms with Crippen molar-refractivity contribution in [2.45, 2.75) is 6.61 Å². The Hall–Kier alpha value is -3.82. The molecule has 0 unspecified atom stereocenters. The zero-order valence-electron chi connectivity index (χ0n) is 19.2. The van der Waals surface area contributed by atoms with Gasteiger partial charge in [-0.05, 0) is 91.2 Å². The van der Waals surface area contributed by atoms with Gasteiger partial charge in [0, 0.05) is 0 Å². The quantitative estimate of drug-likeness (QED) is 0.118. The van der Waals surface area contributed by atoms with E-state index in [4.69, 9.17) is 9.47 Å². The van der Waals surface area contributed by atoms with Gasteiger partial charge in [0.25, 0.3) is 0 Å². The summed E-state index contributed by atoms with van der Waals surface area (Å²) in [5, 5.41) is 14.5. The van der Waals surface area contributed by atoms with Crippen molar-refractivity contribution in [1.29, 1.82) is 5.26 Å². The van der Waals surface area contributed by atoms with Gasteiger partial charge >= 0.3 is 0 Å². The van der Waals surface area contributed by atoms with Crippen LogP contribution in [0, 0.1) is 14.9 Å². The molecule has 0 atom stereocenters. The SMILES string of the molecule is COc1cc(/C=C(/C#N)c2ccc3ccccc3c2)cc(I)c1OCc1ccc2ccccc2c1. The average molecular weight is 567 g/mol. The number of allylic oxidation sites excluding steroid dienone is 1. The van der Waals surface area contributed by atoms with E-state index in [1.54, 1.807) is 7.11 Å². The molecule has 4 heteroatoms. The van der Waals surface area contributed by atoms with Crippen molar-refractivity contribution in [3.63, 3.8) is 0 Å². The summed E-state index contributed by atoms with van der Waals surface area (Å²) < 4.78 is 12.8. The predicted octanol–water partition coefficient (Wildman–Crippen LogP) is 8.25. The molecule has 0 aliphatic carbocycles. The Kier molecular flexibility index (Phi) is 6.69. The van der Waals surface area contributed by atoms with Crippen LogP contribution in [0.15, 0.2) is 97.1 Å². The van der Waals surface area contributed by atoms with Gasteiger partial charge in [-0.15, -0.1) is 0 Å². The van der Waals surface area contributed by atoms with Crippen LogP contribution in [-0.2, 0) is 6.61 Å². The Bertz CT molecular complexity index is 1610. The minimum Gasteiger partial charge on any atom is -0.493 e. The number of halogens is 1. The van der Waals surface area contributed by atoms with Crippen LogP contribution in [-0.4, -0.2) is 7.11 Å². The summed E-state index contributed by atoms with van der Waals surface area (Å²) >= 11 is 2.26. The zero-order chi connectivity index (χ0) is 24.2. The fourth-order valence-corrected chi connectivity index (χ4v) is 4.93. The fraction of sp³-hybridized carbons (Fsp3) is 0.0645. The summed E-state index contributed by atoms with van der Waals surface area (Å²) in [6.07, 6.45) is 1.89. The Morgan fingerprint density at radius 3 is 2.17 bits per heavy atom. The van der Waals surface area contributed by atoms with Crippen LogP contribution in [0.1, 0.15) is 16.7 Å². The summed E-state index contributed by atoms with van der Waals surface area (Å²) in [4.78, 5) is 0. The molecule has 0 aromatic heterocycles. The maximum atomic E-state index is 9.87. The number of hydrogen-bond donors (Lipinski definition) is 0. The Morgan fingerprint density at radius 1 is 0.829 bits per heavy atom. The van der Waals surface area contributed by atoms with Gasteiger partial charge in [-0.25, -0.2) is 0 Å². The van der Waals surface area contributed by atoms with Crippen LogP contribution in [0.2, 0.25) is 0 Å². The largest absolute Gasteiger partial charge is 0.493 e. The van der Waals surface area contributed by atoms with Crippen LogP contribution < -0.4 is 9.47 Å². The molecule has 5 rings (SSSR count). The molecule has 0 heterocycles. The zero-order valence-corrected chi connectivity index (χ0v) is 21.3. The van der Waals surface area contributed by atoms with Crippen molar-refractivity contribution in [1.82, 2.24) is 0 Å². The van der Waals surface area contributed by atoms with E-state index >= 15 is 0 Å². The lowest BCUT2D eigenvalue weighted by molar-refractivity contribution is 0.282. The number of hydrogen-bond acceptors (Lipinski definition) is 3. The summed E-state index contributed by atoms with van der Waals surface area (Å²) in [7, 11) is 1.64. The summed E-state index contributed by atoms with van der Waals surface area (Å²) in [5.74, 6) is 1.34. The number of fused-ring (bicyclic) bond motifs is 2. The van der Waals surface area contributed by atoms with E-state index in [1.807, 2.05) is 60.7 Å². The second kappa shape index (κ2) is 10.2. The first-order valence-electron chi connectivity index (χ1n) is 11.2. The molecule has 0 saturated heterocycles. The van der Waals surface area contributed by atoms with E-state index < -0.39 is 0 Å². The number of benzene rings is 5. The maximum absolute atomic E-state index is 9.87. The number of nitrogens with zero attached hydrogens (tertiary/aromatic N) is 1. The molecule has 3 nitrogen and oxygen atoms in total. The third-order valence-corrected chi connectivity index (χ3v) is 6.74. The molecule has 0 amide bonds. The van der Waals surface area contributed by atoms with Crippen molar-refractivity contribution in [2.24, 2.45) is 0 Å². The monoisotopic (exact) mass is 567 g/mol. The molecule has 0 saturated carbocycles. The third-order valence-electron chi connectivity index (χ3n) is 5.94. The number of nitriles is 1. The highest BCUT2D eigenvalue weighted by molar-refractivity contribution is 14.1. The van der Waals surface area contributed by atoms with Crippen LogP contribution in [0.25, 0.3) is 33.2 Å². The number of methoxy groups -OCH3 is 1. The molecular formula is C31H22INO2. The fourth-order valence-electron chi connectivity index (χ4n) is 4.15. The second-order valence-corrected chi connectivity index (χ2v) is 9.40. The number of ether oxygens (including phenoxy) is 2. The van der Waals surface area contributed by atoms with Crippen molar-refractivity contribution >= 4 is 55.8 Å². The highest BCUT2D eigenvalue weighted by Gasteiger charge is 2.13. The first kappa shape index (κ1) is 22.9. The van der Waals surface area contributed by atoms with E-state index in [2.05, 4.69) is 71.1 Å². The lowest BCUT2D eigenvalue weighted by atomic mass is 10.00. The van der Waals surface area contributed by atoms with Gasteiger partial charge in [-0.2, -0.15) is 5.26 Å². The molecule has 5 aromatic rings. The molecule has 0 N–H and O–H groups in total. The van der Waals surface area contributed by atoms with Crippen LogP contribution >= 0.6 is 22.6 Å². The smallest absolute Gasteiger partial charge is 0.174 e.